The minimum atomic E-state index is -0.420. The fraction of sp³-hybridized carbons (Fsp3) is 0.708. The second-order valence-corrected chi connectivity index (χ2v) is 9.93. The Balaban J connectivity index is 1.68. The van der Waals surface area contributed by atoms with E-state index in [-0.39, 0.29) is 11.2 Å². The molecule has 0 aromatic heterocycles. The molecule has 0 bridgehead atoms. The van der Waals surface area contributed by atoms with E-state index in [4.69, 9.17) is 0 Å². The number of ketones is 1. The van der Waals surface area contributed by atoms with E-state index in [1.165, 1.54) is 31.3 Å². The SMILES string of the molecule is C=C/C=C(\C)C1CCC2C3CC(O)C4=CC(=O)CC[C@]4(C)C3CC[C@]12C. The minimum absolute atomic E-state index is 0.0294. The van der Waals surface area contributed by atoms with Crippen molar-refractivity contribution in [2.75, 3.05) is 0 Å². The predicted molar refractivity (Wildman–Crippen MR) is 106 cm³/mol. The molecule has 0 heterocycles. The average molecular weight is 355 g/mol. The largest absolute Gasteiger partial charge is 0.389 e. The van der Waals surface area contributed by atoms with Gasteiger partial charge in [-0.1, -0.05) is 38.2 Å². The Labute approximate surface area is 158 Å². The summed E-state index contributed by atoms with van der Waals surface area (Å²) in [5.41, 5.74) is 2.92. The zero-order chi connectivity index (χ0) is 18.7. The molecular weight excluding hydrogens is 320 g/mol. The smallest absolute Gasteiger partial charge is 0.155 e. The molecule has 0 amide bonds. The van der Waals surface area contributed by atoms with Crippen molar-refractivity contribution < 1.29 is 9.90 Å². The fourth-order valence-corrected chi connectivity index (χ4v) is 7.66. The van der Waals surface area contributed by atoms with Crippen molar-refractivity contribution in [3.05, 3.63) is 36.0 Å². The van der Waals surface area contributed by atoms with Gasteiger partial charge < -0.3 is 5.11 Å². The highest BCUT2D eigenvalue weighted by Crippen LogP contribution is 2.67. The molecule has 0 radical (unpaired) electrons. The van der Waals surface area contributed by atoms with E-state index in [9.17, 15) is 9.90 Å². The van der Waals surface area contributed by atoms with Gasteiger partial charge >= 0.3 is 0 Å². The molecule has 26 heavy (non-hydrogen) atoms. The Bertz CT molecular complexity index is 686. The first-order valence-corrected chi connectivity index (χ1v) is 10.5. The molecule has 3 saturated carbocycles. The maximum absolute atomic E-state index is 12.0. The molecule has 142 valence electrons. The van der Waals surface area contributed by atoms with E-state index in [0.717, 1.165) is 18.4 Å². The van der Waals surface area contributed by atoms with Crippen LogP contribution < -0.4 is 0 Å². The Kier molecular flexibility index (Phi) is 4.34. The molecule has 2 nitrogen and oxygen atoms in total. The average Bonchev–Trinajstić information content (AvgIpc) is 2.94. The van der Waals surface area contributed by atoms with Crippen LogP contribution in [0.1, 0.15) is 65.7 Å². The van der Waals surface area contributed by atoms with Crippen molar-refractivity contribution >= 4 is 5.78 Å². The second-order valence-electron chi connectivity index (χ2n) is 9.93. The Hall–Kier alpha value is -1.15. The van der Waals surface area contributed by atoms with E-state index in [1.807, 2.05) is 6.08 Å². The molecule has 0 aromatic carbocycles. The highest BCUT2D eigenvalue weighted by molar-refractivity contribution is 5.91. The normalized spacial score (nSPS) is 48.3. The molecule has 0 saturated heterocycles. The first-order chi connectivity index (χ1) is 12.3. The number of allylic oxidation sites excluding steroid dienone is 3. The molecule has 0 aliphatic heterocycles. The number of aliphatic hydroxyl groups is 1. The maximum Gasteiger partial charge on any atom is 0.155 e. The highest BCUT2D eigenvalue weighted by Gasteiger charge is 2.60. The number of hydrogen-bond donors (Lipinski definition) is 1. The molecule has 0 spiro atoms. The van der Waals surface area contributed by atoms with E-state index in [2.05, 4.69) is 33.4 Å². The van der Waals surface area contributed by atoms with E-state index >= 15 is 0 Å². The van der Waals surface area contributed by atoms with Gasteiger partial charge in [0.05, 0.1) is 6.10 Å². The predicted octanol–water partition coefficient (Wildman–Crippen LogP) is 5.24. The maximum atomic E-state index is 12.0. The molecule has 4 rings (SSSR count). The van der Waals surface area contributed by atoms with Crippen molar-refractivity contribution in [2.45, 2.75) is 71.8 Å². The topological polar surface area (TPSA) is 37.3 Å². The van der Waals surface area contributed by atoms with Gasteiger partial charge in [-0.15, -0.1) is 0 Å². The third-order valence-electron chi connectivity index (χ3n) is 8.91. The Morgan fingerprint density at radius 2 is 2.00 bits per heavy atom. The molecule has 5 unspecified atom stereocenters. The monoisotopic (exact) mass is 354 g/mol. The zero-order valence-electron chi connectivity index (χ0n) is 16.6. The number of aliphatic hydroxyl groups excluding tert-OH is 1. The van der Waals surface area contributed by atoms with Crippen LogP contribution in [-0.4, -0.2) is 17.0 Å². The third-order valence-corrected chi connectivity index (χ3v) is 8.91. The first kappa shape index (κ1) is 18.2. The molecule has 2 heteroatoms. The van der Waals surface area contributed by atoms with Crippen molar-refractivity contribution in [1.82, 2.24) is 0 Å². The summed E-state index contributed by atoms with van der Waals surface area (Å²) in [5, 5.41) is 10.9. The van der Waals surface area contributed by atoms with Crippen LogP contribution in [0.2, 0.25) is 0 Å². The molecule has 0 aromatic rings. The number of carbonyl (C=O) groups is 1. The summed E-state index contributed by atoms with van der Waals surface area (Å²) >= 11 is 0. The van der Waals surface area contributed by atoms with Crippen LogP contribution >= 0.6 is 0 Å². The van der Waals surface area contributed by atoms with Crippen LogP contribution in [0.5, 0.6) is 0 Å². The van der Waals surface area contributed by atoms with Crippen LogP contribution in [-0.2, 0) is 4.79 Å². The van der Waals surface area contributed by atoms with Gasteiger partial charge in [0.25, 0.3) is 0 Å². The second kappa shape index (κ2) is 6.19. The van der Waals surface area contributed by atoms with Crippen LogP contribution in [0.15, 0.2) is 36.0 Å². The summed E-state index contributed by atoms with van der Waals surface area (Å²) in [6.45, 7) is 11.0. The lowest BCUT2D eigenvalue weighted by molar-refractivity contribution is -0.119. The first-order valence-electron chi connectivity index (χ1n) is 10.5. The molecule has 7 atom stereocenters. The van der Waals surface area contributed by atoms with Gasteiger partial charge in [-0.05, 0) is 91.6 Å². The van der Waals surface area contributed by atoms with Crippen molar-refractivity contribution in [3.63, 3.8) is 0 Å². The van der Waals surface area contributed by atoms with Crippen molar-refractivity contribution in [3.8, 4) is 0 Å². The van der Waals surface area contributed by atoms with Gasteiger partial charge in [-0.2, -0.15) is 0 Å². The summed E-state index contributed by atoms with van der Waals surface area (Å²) in [6, 6.07) is 0. The van der Waals surface area contributed by atoms with E-state index in [0.29, 0.717) is 35.5 Å². The summed E-state index contributed by atoms with van der Waals surface area (Å²) in [5.74, 6) is 2.79. The van der Waals surface area contributed by atoms with Gasteiger partial charge in [0.15, 0.2) is 5.78 Å². The summed E-state index contributed by atoms with van der Waals surface area (Å²) in [7, 11) is 0. The van der Waals surface area contributed by atoms with Crippen molar-refractivity contribution in [1.29, 1.82) is 0 Å². The van der Waals surface area contributed by atoms with Crippen LogP contribution in [0.4, 0.5) is 0 Å². The Morgan fingerprint density at radius 3 is 2.73 bits per heavy atom. The quantitative estimate of drug-likeness (QED) is 0.689. The van der Waals surface area contributed by atoms with E-state index < -0.39 is 6.10 Å². The molecule has 4 aliphatic carbocycles. The molecular formula is C24H34O2. The number of rotatable bonds is 2. The van der Waals surface area contributed by atoms with Gasteiger partial charge in [0.2, 0.25) is 0 Å². The zero-order valence-corrected chi connectivity index (χ0v) is 16.6. The summed E-state index contributed by atoms with van der Waals surface area (Å²) in [4.78, 5) is 12.0. The van der Waals surface area contributed by atoms with E-state index in [1.54, 1.807) is 6.08 Å². The van der Waals surface area contributed by atoms with Crippen LogP contribution in [0.3, 0.4) is 0 Å². The summed E-state index contributed by atoms with van der Waals surface area (Å²) in [6.07, 6.45) is 13.0. The molecule has 3 fully saturated rings. The van der Waals surface area contributed by atoms with Crippen LogP contribution in [0, 0.1) is 34.5 Å². The standard InChI is InChI=1S/C24H34O2/c1-5-6-15(2)18-7-8-19-17-14-22(26)21-13-16(25)9-11-24(21,4)20(17)10-12-23(18,19)3/h5-6,13,17-20,22,26H,1,7-12,14H2,2-4H3/b15-6+/t17?,18?,19?,20?,22?,23-,24-/m1/s1. The minimum Gasteiger partial charge on any atom is -0.389 e. The lowest BCUT2D eigenvalue weighted by atomic mass is 9.46. The van der Waals surface area contributed by atoms with Gasteiger partial charge in [-0.3, -0.25) is 4.79 Å². The van der Waals surface area contributed by atoms with Gasteiger partial charge in [0.1, 0.15) is 0 Å². The lowest BCUT2D eigenvalue weighted by Crippen LogP contribution is -2.53. The van der Waals surface area contributed by atoms with Gasteiger partial charge in [-0.25, -0.2) is 0 Å². The third kappa shape index (κ3) is 2.44. The van der Waals surface area contributed by atoms with Gasteiger partial charge in [0, 0.05) is 6.42 Å². The fourth-order valence-electron chi connectivity index (χ4n) is 7.66. The highest BCUT2D eigenvalue weighted by atomic mass is 16.3. The molecule has 1 N–H and O–H groups in total. The number of hydrogen-bond acceptors (Lipinski definition) is 2. The Morgan fingerprint density at radius 1 is 1.23 bits per heavy atom. The van der Waals surface area contributed by atoms with Crippen LogP contribution in [0.25, 0.3) is 0 Å². The van der Waals surface area contributed by atoms with Crippen molar-refractivity contribution in [2.24, 2.45) is 34.5 Å². The number of fused-ring (bicyclic) bond motifs is 5. The molecule has 4 aliphatic rings. The summed E-state index contributed by atoms with van der Waals surface area (Å²) < 4.78 is 0. The number of carbonyl (C=O) groups excluding carboxylic acids is 1. The lowest BCUT2D eigenvalue weighted by Gasteiger charge is -2.59.